The largest absolute Gasteiger partial charge is 0.600 e. The van der Waals surface area contributed by atoms with E-state index in [0.717, 1.165) is 5.56 Å². The Morgan fingerprint density at radius 1 is 1.03 bits per heavy atom. The van der Waals surface area contributed by atoms with Gasteiger partial charge in [0.25, 0.3) is 5.91 Å². The van der Waals surface area contributed by atoms with Crippen molar-refractivity contribution in [2.24, 2.45) is 5.92 Å². The first-order valence-electron chi connectivity index (χ1n) is 13.1. The number of carbonyl (C=O) groups is 4. The number of amides is 1. The Bertz CT molecular complexity index is 1170. The van der Waals surface area contributed by atoms with Crippen LogP contribution in [0.5, 0.6) is 0 Å². The second-order valence-electron chi connectivity index (χ2n) is 11.1. The van der Waals surface area contributed by atoms with E-state index < -0.39 is 36.4 Å². The molecule has 2 saturated heterocycles. The van der Waals surface area contributed by atoms with Gasteiger partial charge in [-0.1, -0.05) is 50.6 Å². The van der Waals surface area contributed by atoms with E-state index in [1.165, 1.54) is 18.6 Å². The highest BCUT2D eigenvalue weighted by Crippen LogP contribution is 2.48. The van der Waals surface area contributed by atoms with Crippen LogP contribution < -0.4 is 5.32 Å². The molecule has 10 nitrogen and oxygen atoms in total. The van der Waals surface area contributed by atoms with Crippen molar-refractivity contribution in [2.45, 2.75) is 64.9 Å². The number of aromatic nitrogens is 2. The normalized spacial score (nSPS) is 24.1. The van der Waals surface area contributed by atoms with Gasteiger partial charge >= 0.3 is 18.6 Å². The zero-order valence-corrected chi connectivity index (χ0v) is 22.3. The maximum Gasteiger partial charge on any atom is 0.587 e. The molecule has 0 saturated carbocycles. The summed E-state index contributed by atoms with van der Waals surface area (Å²) in [5.74, 6) is -1.99. The molecule has 11 heteroatoms. The molecule has 2 aliphatic heterocycles. The first-order valence-corrected chi connectivity index (χ1v) is 13.1. The van der Waals surface area contributed by atoms with Crippen molar-refractivity contribution in [1.82, 2.24) is 15.3 Å². The van der Waals surface area contributed by atoms with Gasteiger partial charge in [0.1, 0.15) is 18.8 Å². The lowest BCUT2D eigenvalue weighted by atomic mass is 9.51. The molecule has 38 heavy (non-hydrogen) atoms. The van der Waals surface area contributed by atoms with Gasteiger partial charge in [0.05, 0.1) is 12.2 Å². The lowest BCUT2D eigenvalue weighted by molar-refractivity contribution is -0.839. The summed E-state index contributed by atoms with van der Waals surface area (Å²) >= 11 is 0. The first kappa shape index (κ1) is 27.4. The topological polar surface area (TPSA) is 125 Å². The summed E-state index contributed by atoms with van der Waals surface area (Å²) in [5, 5.41) is 2.83. The molecule has 0 bridgehead atoms. The summed E-state index contributed by atoms with van der Waals surface area (Å²) < 4.78 is 11.9. The maximum absolute atomic E-state index is 14.0. The van der Waals surface area contributed by atoms with Crippen molar-refractivity contribution >= 4 is 30.3 Å². The minimum Gasteiger partial charge on any atom is -0.600 e. The number of rotatable bonds is 11. The van der Waals surface area contributed by atoms with Crippen molar-refractivity contribution in [1.29, 1.82) is 0 Å². The number of nitrogens with one attached hydrogen (secondary N) is 1. The van der Waals surface area contributed by atoms with Gasteiger partial charge in [-0.05, 0) is 44.0 Å². The summed E-state index contributed by atoms with van der Waals surface area (Å²) in [4.78, 5) is 60.2. The number of fused-ring (bicyclic) bond motifs is 1. The Morgan fingerprint density at radius 3 is 2.24 bits per heavy atom. The van der Waals surface area contributed by atoms with Crippen LogP contribution in [0.4, 0.5) is 0 Å². The van der Waals surface area contributed by atoms with E-state index in [4.69, 9.17) is 9.31 Å². The highest BCUT2D eigenvalue weighted by Gasteiger charge is 2.71. The number of nitrogens with zero attached hydrogens (tertiary/aromatic N) is 3. The summed E-state index contributed by atoms with van der Waals surface area (Å²) in [5.41, 5.74) is 0.978. The Morgan fingerprint density at radius 2 is 1.68 bits per heavy atom. The zero-order chi connectivity index (χ0) is 27.5. The molecule has 0 unspecified atom stereocenters. The fraction of sp³-hybridized carbons (Fsp3) is 0.481. The number of carbonyl (C=O) groups excluding carboxylic acids is 4. The molecule has 1 aromatic carbocycles. The predicted octanol–water partition coefficient (Wildman–Crippen LogP) is 2.47. The van der Waals surface area contributed by atoms with Gasteiger partial charge in [-0.15, -0.1) is 0 Å². The van der Waals surface area contributed by atoms with Gasteiger partial charge in [0.15, 0.2) is 5.78 Å². The molecule has 4 rings (SSSR count). The van der Waals surface area contributed by atoms with Gasteiger partial charge in [-0.25, -0.2) is 4.98 Å². The number of hydrogen-bond acceptors (Lipinski definition) is 8. The van der Waals surface area contributed by atoms with Crippen molar-refractivity contribution < 1.29 is 32.9 Å². The van der Waals surface area contributed by atoms with Gasteiger partial charge in [-0.2, -0.15) is 0 Å². The van der Waals surface area contributed by atoms with E-state index in [1.54, 1.807) is 0 Å². The van der Waals surface area contributed by atoms with Crippen LogP contribution in [0, 0.1) is 5.92 Å². The van der Waals surface area contributed by atoms with Crippen LogP contribution in [0.15, 0.2) is 48.9 Å². The monoisotopic (exact) mass is 522 g/mol. The van der Waals surface area contributed by atoms with Gasteiger partial charge in [0.2, 0.25) is 0 Å². The molecular weight excluding hydrogens is 487 g/mol. The fourth-order valence-electron chi connectivity index (χ4n) is 6.02. The molecule has 2 aromatic rings. The van der Waals surface area contributed by atoms with Gasteiger partial charge < -0.3 is 19.0 Å². The third kappa shape index (κ3) is 5.33. The molecule has 1 aromatic heterocycles. The summed E-state index contributed by atoms with van der Waals surface area (Å²) in [7, 11) is 0. The van der Waals surface area contributed by atoms with Crippen molar-refractivity contribution in [3.8, 4) is 0 Å². The molecule has 2 fully saturated rings. The van der Waals surface area contributed by atoms with Crippen molar-refractivity contribution in [3.05, 3.63) is 60.2 Å². The predicted molar refractivity (Wildman–Crippen MR) is 139 cm³/mol. The summed E-state index contributed by atoms with van der Waals surface area (Å²) in [6, 6.07) is 8.40. The Hall–Kier alpha value is -3.60. The van der Waals surface area contributed by atoms with E-state index in [0.29, 0.717) is 6.42 Å². The SMILES string of the molecule is CC(C)C[C@H](CC(=O)[C@H](Cc1ccccc1)NC(=O)c1cnccn1)[B-]12OC(=O)C[N+]1(C(C)C)CC(=O)O2. The number of ketones is 1. The quantitative estimate of drug-likeness (QED) is 0.447. The molecule has 0 spiro atoms. The van der Waals surface area contributed by atoms with E-state index in [1.807, 2.05) is 58.0 Å². The minimum atomic E-state index is -2.46. The highest BCUT2D eigenvalue weighted by molar-refractivity contribution is 6.67. The zero-order valence-electron chi connectivity index (χ0n) is 22.3. The second kappa shape index (κ2) is 11.0. The molecule has 0 aliphatic carbocycles. The molecule has 1 amide bonds. The second-order valence-corrected chi connectivity index (χ2v) is 11.1. The number of quaternary nitrogens is 1. The molecule has 2 atom stereocenters. The summed E-state index contributed by atoms with van der Waals surface area (Å²) in [6.45, 7) is 5.50. The third-order valence-electron chi connectivity index (χ3n) is 7.80. The molecular formula is C27H35BN4O6. The number of Topliss-reactive ketones (excluding diaryl/α,β-unsaturated/α-hetero) is 1. The van der Waals surface area contributed by atoms with Crippen LogP contribution in [0.2, 0.25) is 5.82 Å². The van der Waals surface area contributed by atoms with Crippen molar-refractivity contribution in [3.63, 3.8) is 0 Å². The smallest absolute Gasteiger partial charge is 0.587 e. The average molecular weight is 522 g/mol. The van der Waals surface area contributed by atoms with E-state index in [-0.39, 0.29) is 53.8 Å². The van der Waals surface area contributed by atoms with E-state index in [9.17, 15) is 19.2 Å². The minimum absolute atomic E-state index is 0.0241. The van der Waals surface area contributed by atoms with Crippen LogP contribution in [-0.4, -0.2) is 69.9 Å². The van der Waals surface area contributed by atoms with Crippen LogP contribution in [0.1, 0.15) is 56.6 Å². The highest BCUT2D eigenvalue weighted by atomic mass is 16.7. The lowest BCUT2D eigenvalue weighted by Gasteiger charge is -2.50. The average Bonchev–Trinajstić information content (AvgIpc) is 3.31. The van der Waals surface area contributed by atoms with Crippen LogP contribution in [0.25, 0.3) is 0 Å². The molecule has 2 aliphatic rings. The standard InChI is InChI=1S/C27H35BN4O6/c1-18(2)12-21(28-32(19(3)4,16-25(34)37-28)17-26(35)38-28)14-24(33)22(13-20-8-6-5-7-9-20)31-27(36)23-15-29-10-11-30-23/h5-11,15,18-19,21-22H,12-14,16-17H2,1-4H3,(H,31,36)/t21-,22+,28?,32?/m1/s1. The third-order valence-corrected chi connectivity index (χ3v) is 7.80. The Kier molecular flexibility index (Phi) is 7.96. The maximum atomic E-state index is 14.0. The van der Waals surface area contributed by atoms with Gasteiger partial charge in [-0.3, -0.25) is 24.2 Å². The number of hydrogen-bond donors (Lipinski definition) is 1. The van der Waals surface area contributed by atoms with E-state index >= 15 is 0 Å². The van der Waals surface area contributed by atoms with Gasteiger partial charge in [0, 0.05) is 18.4 Å². The van der Waals surface area contributed by atoms with Crippen LogP contribution in [-0.2, 0) is 30.1 Å². The van der Waals surface area contributed by atoms with Crippen molar-refractivity contribution in [2.75, 3.05) is 13.1 Å². The van der Waals surface area contributed by atoms with Crippen LogP contribution in [0.3, 0.4) is 0 Å². The molecule has 3 heterocycles. The molecule has 1 N–H and O–H groups in total. The number of benzene rings is 1. The van der Waals surface area contributed by atoms with E-state index in [2.05, 4.69) is 15.3 Å². The Labute approximate surface area is 222 Å². The fourth-order valence-corrected chi connectivity index (χ4v) is 6.02. The van der Waals surface area contributed by atoms with Crippen LogP contribution >= 0.6 is 0 Å². The molecule has 0 radical (unpaired) electrons. The first-order chi connectivity index (χ1) is 18.1. The molecule has 202 valence electrons. The lowest BCUT2D eigenvalue weighted by Crippen LogP contribution is -2.68. The Balaban J connectivity index is 1.66. The summed E-state index contributed by atoms with van der Waals surface area (Å²) in [6.07, 6.45) is 4.97.